The van der Waals surface area contributed by atoms with Crippen LogP contribution >= 0.6 is 12.2 Å². The Kier molecular flexibility index (Phi) is 5.05. The van der Waals surface area contributed by atoms with E-state index in [1.165, 1.54) is 6.20 Å². The first-order valence-corrected chi connectivity index (χ1v) is 7.06. The molecule has 5 nitrogen and oxygen atoms in total. The zero-order valence-electron chi connectivity index (χ0n) is 11.7. The van der Waals surface area contributed by atoms with Crippen LogP contribution in [0.4, 0.5) is 0 Å². The Morgan fingerprint density at radius 1 is 1.48 bits per heavy atom. The molecule has 21 heavy (non-hydrogen) atoms. The minimum absolute atomic E-state index is 0.0275. The van der Waals surface area contributed by atoms with Crippen LogP contribution in [0.2, 0.25) is 0 Å². The number of carbonyl (C=O) groups is 1. The summed E-state index contributed by atoms with van der Waals surface area (Å²) in [5.74, 6) is 0.700. The lowest BCUT2D eigenvalue weighted by atomic mass is 10.1. The largest absolute Gasteiger partial charge is 0.469 e. The molecule has 3 N–H and O–H groups in total. The van der Waals surface area contributed by atoms with Gasteiger partial charge in [0.25, 0.3) is 5.91 Å². The van der Waals surface area contributed by atoms with Gasteiger partial charge in [-0.1, -0.05) is 12.2 Å². The zero-order valence-corrected chi connectivity index (χ0v) is 12.5. The highest BCUT2D eigenvalue weighted by Gasteiger charge is 2.12. The summed E-state index contributed by atoms with van der Waals surface area (Å²) in [7, 11) is 0. The van der Waals surface area contributed by atoms with Crippen molar-refractivity contribution in [2.75, 3.05) is 0 Å². The van der Waals surface area contributed by atoms with Crippen LogP contribution in [-0.2, 0) is 6.42 Å². The maximum Gasteiger partial charge on any atom is 0.270 e. The van der Waals surface area contributed by atoms with Gasteiger partial charge in [0, 0.05) is 24.2 Å². The van der Waals surface area contributed by atoms with Gasteiger partial charge >= 0.3 is 0 Å². The highest BCUT2D eigenvalue weighted by molar-refractivity contribution is 7.80. The molecule has 0 aliphatic carbocycles. The Labute approximate surface area is 128 Å². The van der Waals surface area contributed by atoms with E-state index in [0.29, 0.717) is 11.3 Å². The fraction of sp³-hybridized carbons (Fsp3) is 0.267. The first-order chi connectivity index (χ1) is 10.1. The Balaban J connectivity index is 1.86. The van der Waals surface area contributed by atoms with E-state index in [1.807, 2.05) is 19.1 Å². The van der Waals surface area contributed by atoms with Crippen molar-refractivity contribution >= 4 is 23.1 Å². The summed E-state index contributed by atoms with van der Waals surface area (Å²) in [4.78, 5) is 16.4. The molecule has 1 unspecified atom stereocenters. The molecule has 110 valence electrons. The zero-order chi connectivity index (χ0) is 15.2. The summed E-state index contributed by atoms with van der Waals surface area (Å²) >= 11 is 4.84. The first-order valence-electron chi connectivity index (χ1n) is 6.65. The molecule has 0 bridgehead atoms. The second kappa shape index (κ2) is 6.99. The van der Waals surface area contributed by atoms with Gasteiger partial charge in [-0.3, -0.25) is 9.78 Å². The predicted octanol–water partition coefficient (Wildman–Crippen LogP) is 2.06. The molecule has 2 rings (SSSR count). The molecule has 6 heteroatoms. The minimum atomic E-state index is -0.212. The van der Waals surface area contributed by atoms with E-state index < -0.39 is 0 Å². The quantitative estimate of drug-likeness (QED) is 0.798. The number of carbonyl (C=O) groups excluding carboxylic acids is 1. The van der Waals surface area contributed by atoms with E-state index in [2.05, 4.69) is 10.3 Å². The van der Waals surface area contributed by atoms with Crippen molar-refractivity contribution in [3.63, 3.8) is 0 Å². The first kappa shape index (κ1) is 15.2. The molecule has 1 amide bonds. The smallest absolute Gasteiger partial charge is 0.270 e. The molecule has 1 atom stereocenters. The molecule has 0 aromatic carbocycles. The van der Waals surface area contributed by atoms with Crippen LogP contribution in [0.25, 0.3) is 0 Å². The van der Waals surface area contributed by atoms with Crippen molar-refractivity contribution in [3.8, 4) is 0 Å². The number of hydrogen-bond acceptors (Lipinski definition) is 4. The summed E-state index contributed by atoms with van der Waals surface area (Å²) in [6.07, 6.45) is 4.73. The molecule has 0 aliphatic rings. The fourth-order valence-corrected chi connectivity index (χ4v) is 1.98. The van der Waals surface area contributed by atoms with Crippen molar-refractivity contribution < 1.29 is 9.21 Å². The highest BCUT2D eigenvalue weighted by atomic mass is 32.1. The summed E-state index contributed by atoms with van der Waals surface area (Å²) in [5.41, 5.74) is 6.48. The van der Waals surface area contributed by atoms with Gasteiger partial charge in [0.2, 0.25) is 0 Å². The number of furan rings is 1. The van der Waals surface area contributed by atoms with Gasteiger partial charge in [-0.15, -0.1) is 0 Å². The lowest BCUT2D eigenvalue weighted by Crippen LogP contribution is -2.33. The number of thiocarbonyl (C=S) groups is 1. The van der Waals surface area contributed by atoms with Gasteiger partial charge in [-0.25, -0.2) is 0 Å². The number of aryl methyl sites for hydroxylation is 1. The van der Waals surface area contributed by atoms with E-state index >= 15 is 0 Å². The molecule has 2 heterocycles. The number of amides is 1. The van der Waals surface area contributed by atoms with Crippen LogP contribution < -0.4 is 11.1 Å². The Morgan fingerprint density at radius 2 is 2.29 bits per heavy atom. The maximum atomic E-state index is 12.0. The van der Waals surface area contributed by atoms with E-state index in [4.69, 9.17) is 22.4 Å². The number of aromatic nitrogens is 1. The average Bonchev–Trinajstić information content (AvgIpc) is 2.98. The number of pyridine rings is 1. The summed E-state index contributed by atoms with van der Waals surface area (Å²) < 4.78 is 5.26. The summed E-state index contributed by atoms with van der Waals surface area (Å²) in [6, 6.07) is 7.11. The van der Waals surface area contributed by atoms with Gasteiger partial charge in [-0.05, 0) is 37.6 Å². The third-order valence-electron chi connectivity index (χ3n) is 3.06. The third-order valence-corrected chi connectivity index (χ3v) is 3.30. The average molecular weight is 303 g/mol. The molecule has 0 radical (unpaired) electrons. The Hall–Kier alpha value is -2.21. The standard InChI is InChI=1S/C15H17N3O2S/c1-10(4-6-12-3-2-8-20-12)18-15(19)13-7-5-11(9-17-13)14(16)21/h2-3,5,7-10H,4,6H2,1H3,(H2,16,21)(H,18,19). The normalized spacial score (nSPS) is 11.9. The second-order valence-corrected chi connectivity index (χ2v) is 5.23. The molecular formula is C15H17N3O2S. The van der Waals surface area contributed by atoms with Crippen molar-refractivity contribution in [1.29, 1.82) is 0 Å². The summed E-state index contributed by atoms with van der Waals surface area (Å²) in [5, 5.41) is 2.90. The van der Waals surface area contributed by atoms with Crippen LogP contribution in [0.1, 0.15) is 35.2 Å². The van der Waals surface area contributed by atoms with E-state index in [9.17, 15) is 4.79 Å². The van der Waals surface area contributed by atoms with Crippen molar-refractivity contribution in [2.45, 2.75) is 25.8 Å². The van der Waals surface area contributed by atoms with Gasteiger partial charge in [0.15, 0.2) is 0 Å². The van der Waals surface area contributed by atoms with Crippen molar-refractivity contribution in [1.82, 2.24) is 10.3 Å². The number of nitrogens with two attached hydrogens (primary N) is 1. The molecule has 2 aromatic heterocycles. The van der Waals surface area contributed by atoms with E-state index in [1.54, 1.807) is 18.4 Å². The maximum absolute atomic E-state index is 12.0. The molecule has 0 saturated carbocycles. The third kappa shape index (κ3) is 4.39. The molecule has 0 saturated heterocycles. The summed E-state index contributed by atoms with van der Waals surface area (Å²) in [6.45, 7) is 1.95. The number of rotatable bonds is 6. The number of nitrogens with zero attached hydrogens (tertiary/aromatic N) is 1. The monoisotopic (exact) mass is 303 g/mol. The van der Waals surface area contributed by atoms with E-state index in [-0.39, 0.29) is 16.9 Å². The van der Waals surface area contributed by atoms with Crippen LogP contribution in [-0.4, -0.2) is 21.9 Å². The van der Waals surface area contributed by atoms with Crippen LogP contribution in [0.5, 0.6) is 0 Å². The van der Waals surface area contributed by atoms with Gasteiger partial charge in [0.1, 0.15) is 16.4 Å². The Morgan fingerprint density at radius 3 is 2.86 bits per heavy atom. The topological polar surface area (TPSA) is 81.2 Å². The molecule has 0 aliphatic heterocycles. The molecule has 2 aromatic rings. The minimum Gasteiger partial charge on any atom is -0.469 e. The van der Waals surface area contributed by atoms with Crippen molar-refractivity contribution in [3.05, 3.63) is 53.7 Å². The van der Waals surface area contributed by atoms with Crippen LogP contribution in [0.3, 0.4) is 0 Å². The highest BCUT2D eigenvalue weighted by Crippen LogP contribution is 2.06. The fourth-order valence-electron chi connectivity index (χ4n) is 1.86. The van der Waals surface area contributed by atoms with Gasteiger partial charge in [0.05, 0.1) is 6.26 Å². The lowest BCUT2D eigenvalue weighted by Gasteiger charge is -2.12. The number of nitrogens with one attached hydrogen (secondary N) is 1. The van der Waals surface area contributed by atoms with Gasteiger partial charge in [-0.2, -0.15) is 0 Å². The molecule has 0 fully saturated rings. The predicted molar refractivity (Wildman–Crippen MR) is 84.1 cm³/mol. The van der Waals surface area contributed by atoms with Crippen molar-refractivity contribution in [2.24, 2.45) is 5.73 Å². The lowest BCUT2D eigenvalue weighted by molar-refractivity contribution is 0.0933. The molecule has 0 spiro atoms. The second-order valence-electron chi connectivity index (χ2n) is 4.79. The van der Waals surface area contributed by atoms with E-state index in [0.717, 1.165) is 18.6 Å². The number of hydrogen-bond donors (Lipinski definition) is 2. The Bertz CT molecular complexity index is 608. The SMILES string of the molecule is CC(CCc1ccco1)NC(=O)c1ccc(C(N)=S)cn1. The van der Waals surface area contributed by atoms with Gasteiger partial charge < -0.3 is 15.5 Å². The van der Waals surface area contributed by atoms with Crippen LogP contribution in [0.15, 0.2) is 41.1 Å². The van der Waals surface area contributed by atoms with Crippen LogP contribution in [0, 0.1) is 0 Å². The molecular weight excluding hydrogens is 286 g/mol.